The second-order valence-corrected chi connectivity index (χ2v) is 13.5. The highest BCUT2D eigenvalue weighted by atomic mass is 16.7. The number of fused-ring (bicyclic) bond motifs is 3. The number of aliphatic hydroxyl groups excluding tert-OH is 5. The molecule has 4 aliphatic carbocycles. The van der Waals surface area contributed by atoms with Gasteiger partial charge in [-0.25, -0.2) is 0 Å². The Bertz CT molecular complexity index is 785. The minimum Gasteiger partial charge on any atom is -0.394 e. The van der Waals surface area contributed by atoms with Crippen molar-refractivity contribution >= 4 is 0 Å². The zero-order valence-electron chi connectivity index (χ0n) is 20.9. The summed E-state index contributed by atoms with van der Waals surface area (Å²) in [7, 11) is 0. The molecule has 6 N–H and O–H groups in total. The van der Waals surface area contributed by atoms with Crippen LogP contribution in [0.4, 0.5) is 0 Å². The van der Waals surface area contributed by atoms with E-state index in [-0.39, 0.29) is 34.2 Å². The van der Waals surface area contributed by atoms with Gasteiger partial charge in [-0.05, 0) is 85.9 Å². The molecule has 1 spiro atoms. The van der Waals surface area contributed by atoms with E-state index in [4.69, 9.17) is 9.47 Å². The number of hydrogen-bond donors (Lipinski definition) is 6. The summed E-state index contributed by atoms with van der Waals surface area (Å²) in [6.45, 7) is 8.11. The molecule has 13 atom stereocenters. The van der Waals surface area contributed by atoms with Gasteiger partial charge in [0.1, 0.15) is 24.4 Å². The lowest BCUT2D eigenvalue weighted by molar-refractivity contribution is -0.324. The predicted molar refractivity (Wildman–Crippen MR) is 122 cm³/mol. The number of hydrogen-bond acceptors (Lipinski definition) is 8. The topological polar surface area (TPSA) is 140 Å². The van der Waals surface area contributed by atoms with Gasteiger partial charge in [0.2, 0.25) is 0 Å². The molecule has 1 aliphatic heterocycles. The summed E-state index contributed by atoms with van der Waals surface area (Å²) in [6.07, 6.45) is -1.36. The summed E-state index contributed by atoms with van der Waals surface area (Å²) in [5.41, 5.74) is -1.21. The molecule has 0 aromatic heterocycles. The normalized spacial score (nSPS) is 58.8. The number of ether oxygens (including phenoxy) is 2. The van der Waals surface area contributed by atoms with Gasteiger partial charge >= 0.3 is 0 Å². The maximum atomic E-state index is 11.5. The van der Waals surface area contributed by atoms with Crippen LogP contribution in [0.5, 0.6) is 0 Å². The van der Waals surface area contributed by atoms with Gasteiger partial charge in [0.05, 0.1) is 24.4 Å². The lowest BCUT2D eigenvalue weighted by atomic mass is 9.40. The Morgan fingerprint density at radius 3 is 2.26 bits per heavy atom. The van der Waals surface area contributed by atoms with Crippen LogP contribution in [0.2, 0.25) is 0 Å². The fraction of sp³-hybridized carbons (Fsp3) is 1.00. The van der Waals surface area contributed by atoms with E-state index in [0.717, 1.165) is 32.1 Å². The Labute approximate surface area is 202 Å². The van der Waals surface area contributed by atoms with E-state index >= 15 is 0 Å². The molecule has 1 saturated heterocycles. The number of rotatable bonds is 3. The Hall–Kier alpha value is -0.320. The van der Waals surface area contributed by atoms with Gasteiger partial charge in [-0.15, -0.1) is 0 Å². The van der Waals surface area contributed by atoms with Gasteiger partial charge in [0.15, 0.2) is 6.29 Å². The van der Waals surface area contributed by atoms with E-state index in [1.807, 2.05) is 6.92 Å². The monoisotopic (exact) mass is 484 g/mol. The highest BCUT2D eigenvalue weighted by Gasteiger charge is 2.69. The van der Waals surface area contributed by atoms with Crippen molar-refractivity contribution in [2.75, 3.05) is 6.61 Å². The van der Waals surface area contributed by atoms with E-state index < -0.39 is 49.0 Å². The zero-order valence-corrected chi connectivity index (χ0v) is 20.9. The quantitative estimate of drug-likeness (QED) is 0.325. The van der Waals surface area contributed by atoms with Gasteiger partial charge in [-0.1, -0.05) is 20.8 Å². The SMILES string of the molecule is CC1(C)C[C@@H](O[C@@H]2O[C@H](CO)[C@@H](O)[C@@H](O)[C@H]2O)C[C@@]2(C)[C@H]1[C@H](O)C[C@]13C[C@@H](CC[C@@H]12)[C@@](C)(O)C3. The Balaban J connectivity index is 1.43. The van der Waals surface area contributed by atoms with Gasteiger partial charge < -0.3 is 40.1 Å². The van der Waals surface area contributed by atoms with Crippen LogP contribution in [-0.2, 0) is 9.47 Å². The molecule has 2 bridgehead atoms. The van der Waals surface area contributed by atoms with Gasteiger partial charge in [-0.2, -0.15) is 0 Å². The Morgan fingerprint density at radius 1 is 0.882 bits per heavy atom. The lowest BCUT2D eigenvalue weighted by Crippen LogP contribution is -2.64. The van der Waals surface area contributed by atoms with Crippen molar-refractivity contribution in [2.24, 2.45) is 34.0 Å². The smallest absolute Gasteiger partial charge is 0.186 e. The molecule has 8 heteroatoms. The first-order valence-electron chi connectivity index (χ1n) is 13.1. The van der Waals surface area contributed by atoms with Crippen molar-refractivity contribution in [1.82, 2.24) is 0 Å². The van der Waals surface area contributed by atoms with Gasteiger partial charge in [0.25, 0.3) is 0 Å². The molecule has 34 heavy (non-hydrogen) atoms. The van der Waals surface area contributed by atoms with Crippen LogP contribution in [-0.4, -0.2) is 85.8 Å². The first-order valence-corrected chi connectivity index (χ1v) is 13.1. The van der Waals surface area contributed by atoms with Crippen LogP contribution in [0.25, 0.3) is 0 Å². The van der Waals surface area contributed by atoms with E-state index in [1.165, 1.54) is 0 Å². The molecular formula is C26H44O8. The predicted octanol–water partition coefficient (Wildman–Crippen LogP) is 0.936. The maximum Gasteiger partial charge on any atom is 0.186 e. The molecule has 0 aromatic rings. The molecule has 0 aromatic carbocycles. The summed E-state index contributed by atoms with van der Waals surface area (Å²) in [5.74, 6) is 0.736. The van der Waals surface area contributed by atoms with E-state index in [0.29, 0.717) is 18.8 Å². The molecular weight excluding hydrogens is 440 g/mol. The van der Waals surface area contributed by atoms with Crippen molar-refractivity contribution in [3.8, 4) is 0 Å². The summed E-state index contributed by atoms with van der Waals surface area (Å²) in [6, 6.07) is 0. The largest absolute Gasteiger partial charge is 0.394 e. The van der Waals surface area contributed by atoms with Gasteiger partial charge in [0, 0.05) is 0 Å². The Kier molecular flexibility index (Phi) is 6.03. The van der Waals surface area contributed by atoms with Crippen LogP contribution in [0.1, 0.15) is 72.6 Å². The minimum absolute atomic E-state index is 0.0712. The van der Waals surface area contributed by atoms with Crippen molar-refractivity contribution in [3.05, 3.63) is 0 Å². The summed E-state index contributed by atoms with van der Waals surface area (Å²) >= 11 is 0. The molecule has 0 amide bonds. The van der Waals surface area contributed by atoms with Crippen molar-refractivity contribution < 1.29 is 40.1 Å². The third-order valence-electron chi connectivity index (χ3n) is 10.7. The van der Waals surface area contributed by atoms with E-state index in [1.54, 1.807) is 0 Å². The average Bonchev–Trinajstić information content (AvgIpc) is 2.90. The first kappa shape index (κ1) is 25.3. The summed E-state index contributed by atoms with van der Waals surface area (Å²) in [4.78, 5) is 0. The molecule has 5 rings (SSSR count). The Morgan fingerprint density at radius 2 is 1.59 bits per heavy atom. The summed E-state index contributed by atoms with van der Waals surface area (Å²) < 4.78 is 12.0. The van der Waals surface area contributed by atoms with Crippen molar-refractivity contribution in [3.63, 3.8) is 0 Å². The fourth-order valence-corrected chi connectivity index (χ4v) is 9.93. The highest BCUT2D eigenvalue weighted by Crippen LogP contribution is 2.73. The van der Waals surface area contributed by atoms with E-state index in [9.17, 15) is 30.6 Å². The maximum absolute atomic E-state index is 11.5. The molecule has 4 saturated carbocycles. The lowest BCUT2D eigenvalue weighted by Gasteiger charge is -2.66. The van der Waals surface area contributed by atoms with Crippen LogP contribution in [0, 0.1) is 34.0 Å². The molecule has 8 nitrogen and oxygen atoms in total. The van der Waals surface area contributed by atoms with E-state index in [2.05, 4.69) is 20.8 Å². The second kappa shape index (κ2) is 8.09. The van der Waals surface area contributed by atoms with Crippen molar-refractivity contribution in [1.29, 1.82) is 0 Å². The molecule has 0 radical (unpaired) electrons. The fourth-order valence-electron chi connectivity index (χ4n) is 9.93. The molecule has 196 valence electrons. The standard InChI is InChI=1S/C26H44O8/c1-23(2)8-14(33-22-20(31)19(30)18(29)16(11-27)34-22)9-24(3)17-6-5-13-7-26(17,12-25(13,4)32)10-15(28)21(23)24/h13-22,27-32H,5-12H2,1-4H3/t13-,14-,15-,16-,17-,18-,19-,20-,21+,22-,24-,25+,26+/m1/s1. The third kappa shape index (κ3) is 3.63. The number of aliphatic hydroxyl groups is 6. The molecule has 0 unspecified atom stereocenters. The molecule has 5 aliphatic rings. The van der Waals surface area contributed by atoms with Crippen LogP contribution >= 0.6 is 0 Å². The second-order valence-electron chi connectivity index (χ2n) is 13.5. The first-order chi connectivity index (χ1) is 15.7. The molecule has 1 heterocycles. The zero-order chi connectivity index (χ0) is 24.8. The van der Waals surface area contributed by atoms with Gasteiger partial charge in [-0.3, -0.25) is 0 Å². The van der Waals surface area contributed by atoms with Crippen LogP contribution in [0.15, 0.2) is 0 Å². The highest BCUT2D eigenvalue weighted by molar-refractivity contribution is 5.18. The molecule has 5 fully saturated rings. The van der Waals surface area contributed by atoms with Crippen LogP contribution in [0.3, 0.4) is 0 Å². The minimum atomic E-state index is -1.47. The van der Waals surface area contributed by atoms with Crippen LogP contribution < -0.4 is 0 Å². The summed E-state index contributed by atoms with van der Waals surface area (Å²) in [5, 5.41) is 63.1. The van der Waals surface area contributed by atoms with Crippen molar-refractivity contribution in [2.45, 2.75) is 121 Å². The average molecular weight is 485 g/mol. The third-order valence-corrected chi connectivity index (χ3v) is 10.7.